The molecule has 3 N–H and O–H groups in total. The lowest BCUT2D eigenvalue weighted by molar-refractivity contribution is 0.00858. The summed E-state index contributed by atoms with van der Waals surface area (Å²) in [6, 6.07) is 7.06. The van der Waals surface area contributed by atoms with Gasteiger partial charge in [-0.25, -0.2) is 0 Å². The Bertz CT molecular complexity index is 393. The molecule has 0 amide bonds. The maximum atomic E-state index is 5.79. The Hall–Kier alpha value is -0.900. The molecule has 0 radical (unpaired) electrons. The van der Waals surface area contributed by atoms with Gasteiger partial charge in [0.05, 0.1) is 6.10 Å². The second-order valence-corrected chi connectivity index (χ2v) is 6.13. The van der Waals surface area contributed by atoms with E-state index in [1.165, 1.54) is 36.0 Å². The van der Waals surface area contributed by atoms with Crippen LogP contribution in [0.5, 0.6) is 0 Å². The van der Waals surface area contributed by atoms with Crippen molar-refractivity contribution in [2.45, 2.75) is 64.5 Å². The maximum absolute atomic E-state index is 5.79. The molecule has 112 valence electrons. The van der Waals surface area contributed by atoms with E-state index in [4.69, 9.17) is 10.6 Å². The quantitative estimate of drug-likeness (QED) is 0.620. The molecular weight excluding hydrogens is 248 g/mol. The zero-order valence-corrected chi connectivity index (χ0v) is 12.8. The number of hydrogen-bond acceptors (Lipinski definition) is 3. The summed E-state index contributed by atoms with van der Waals surface area (Å²) in [4.78, 5) is 0. The van der Waals surface area contributed by atoms with Crippen molar-refractivity contribution < 1.29 is 4.74 Å². The average Bonchev–Trinajstić information content (AvgIpc) is 2.43. The molecule has 1 aliphatic rings. The Balaban J connectivity index is 1.84. The van der Waals surface area contributed by atoms with Gasteiger partial charge in [-0.05, 0) is 57.9 Å². The van der Waals surface area contributed by atoms with Crippen molar-refractivity contribution in [2.75, 3.05) is 6.61 Å². The van der Waals surface area contributed by atoms with E-state index in [-0.39, 0.29) is 0 Å². The number of benzene rings is 1. The molecule has 2 unspecified atom stereocenters. The molecule has 20 heavy (non-hydrogen) atoms. The second kappa shape index (κ2) is 7.77. The molecule has 0 aliphatic carbocycles. The van der Waals surface area contributed by atoms with Crippen molar-refractivity contribution in [3.63, 3.8) is 0 Å². The van der Waals surface area contributed by atoms with Crippen LogP contribution >= 0.6 is 0 Å². The van der Waals surface area contributed by atoms with Gasteiger partial charge in [-0.15, -0.1) is 0 Å². The summed E-state index contributed by atoms with van der Waals surface area (Å²) in [6.45, 7) is 5.23. The van der Waals surface area contributed by atoms with Crippen LogP contribution in [0.4, 0.5) is 0 Å². The van der Waals surface area contributed by atoms with Crippen molar-refractivity contribution >= 4 is 0 Å². The summed E-state index contributed by atoms with van der Waals surface area (Å²) in [7, 11) is 0. The number of hydrogen-bond donors (Lipinski definition) is 2. The first-order valence-corrected chi connectivity index (χ1v) is 7.82. The summed E-state index contributed by atoms with van der Waals surface area (Å²) < 4.78 is 5.79. The minimum atomic E-state index is 0.335. The molecule has 1 aromatic carbocycles. The Morgan fingerprint density at radius 1 is 1.25 bits per heavy atom. The highest BCUT2D eigenvalue weighted by Gasteiger charge is 2.16. The van der Waals surface area contributed by atoms with E-state index in [2.05, 4.69) is 37.5 Å². The number of ether oxygens (including phenoxy) is 1. The zero-order valence-electron chi connectivity index (χ0n) is 12.8. The van der Waals surface area contributed by atoms with Gasteiger partial charge in [0.15, 0.2) is 0 Å². The van der Waals surface area contributed by atoms with Crippen LogP contribution < -0.4 is 11.3 Å². The molecule has 2 rings (SSSR count). The van der Waals surface area contributed by atoms with E-state index in [1.54, 1.807) is 0 Å². The SMILES string of the molecule is Cc1cc(C)cc(CC(CCC2CCCCO2)NN)c1. The first kappa shape index (κ1) is 15.5. The predicted molar refractivity (Wildman–Crippen MR) is 83.6 cm³/mol. The largest absolute Gasteiger partial charge is 0.378 e. The highest BCUT2D eigenvalue weighted by atomic mass is 16.5. The van der Waals surface area contributed by atoms with Crippen molar-refractivity contribution in [2.24, 2.45) is 5.84 Å². The minimum absolute atomic E-state index is 0.335. The second-order valence-electron chi connectivity index (χ2n) is 6.13. The van der Waals surface area contributed by atoms with Crippen LogP contribution in [-0.4, -0.2) is 18.8 Å². The van der Waals surface area contributed by atoms with Crippen molar-refractivity contribution in [3.8, 4) is 0 Å². The average molecular weight is 276 g/mol. The number of aryl methyl sites for hydroxylation is 2. The number of rotatable bonds is 6. The Labute approximate surface area is 122 Å². The topological polar surface area (TPSA) is 47.3 Å². The highest BCUT2D eigenvalue weighted by molar-refractivity contribution is 5.29. The molecule has 1 aliphatic heterocycles. The molecule has 0 spiro atoms. The van der Waals surface area contributed by atoms with Crippen molar-refractivity contribution in [3.05, 3.63) is 34.9 Å². The fourth-order valence-corrected chi connectivity index (χ4v) is 3.14. The summed E-state index contributed by atoms with van der Waals surface area (Å²) in [5, 5.41) is 0. The minimum Gasteiger partial charge on any atom is -0.378 e. The number of hydrazine groups is 1. The third-order valence-electron chi connectivity index (χ3n) is 4.11. The molecule has 3 heteroatoms. The molecule has 0 aromatic heterocycles. The standard InChI is InChI=1S/C17H28N2O/c1-13-9-14(2)11-15(10-13)12-16(19-18)6-7-17-5-3-4-8-20-17/h9-11,16-17,19H,3-8,12,18H2,1-2H3. The molecule has 1 saturated heterocycles. The lowest BCUT2D eigenvalue weighted by Crippen LogP contribution is -2.37. The highest BCUT2D eigenvalue weighted by Crippen LogP contribution is 2.19. The van der Waals surface area contributed by atoms with Crippen LogP contribution in [0.1, 0.15) is 48.8 Å². The molecule has 1 heterocycles. The number of nitrogens with two attached hydrogens (primary N) is 1. The normalized spacial score (nSPS) is 20.9. The first-order valence-electron chi connectivity index (χ1n) is 7.82. The lowest BCUT2D eigenvalue weighted by atomic mass is 9.96. The fourth-order valence-electron chi connectivity index (χ4n) is 3.14. The summed E-state index contributed by atoms with van der Waals surface area (Å²) >= 11 is 0. The molecule has 2 atom stereocenters. The third-order valence-corrected chi connectivity index (χ3v) is 4.11. The third kappa shape index (κ3) is 4.89. The van der Waals surface area contributed by atoms with E-state index in [1.807, 2.05) is 0 Å². The van der Waals surface area contributed by atoms with Crippen LogP contribution in [0.2, 0.25) is 0 Å². The Morgan fingerprint density at radius 2 is 2.00 bits per heavy atom. The number of nitrogens with one attached hydrogen (secondary N) is 1. The lowest BCUT2D eigenvalue weighted by Gasteiger charge is -2.24. The Morgan fingerprint density at radius 3 is 2.60 bits per heavy atom. The van der Waals surface area contributed by atoms with Gasteiger partial charge in [-0.3, -0.25) is 11.3 Å². The van der Waals surface area contributed by atoms with Gasteiger partial charge >= 0.3 is 0 Å². The van der Waals surface area contributed by atoms with Gasteiger partial charge in [0.25, 0.3) is 0 Å². The van der Waals surface area contributed by atoms with Gasteiger partial charge < -0.3 is 4.74 Å². The molecule has 0 bridgehead atoms. The van der Waals surface area contributed by atoms with Gasteiger partial charge in [-0.1, -0.05) is 29.3 Å². The van der Waals surface area contributed by atoms with Gasteiger partial charge in [0.2, 0.25) is 0 Å². The van der Waals surface area contributed by atoms with Crippen LogP contribution in [0.25, 0.3) is 0 Å². The van der Waals surface area contributed by atoms with E-state index in [9.17, 15) is 0 Å². The van der Waals surface area contributed by atoms with Crippen molar-refractivity contribution in [1.29, 1.82) is 0 Å². The van der Waals surface area contributed by atoms with E-state index >= 15 is 0 Å². The van der Waals surface area contributed by atoms with Crippen molar-refractivity contribution in [1.82, 2.24) is 5.43 Å². The maximum Gasteiger partial charge on any atom is 0.0575 e. The summed E-state index contributed by atoms with van der Waals surface area (Å²) in [6.07, 6.45) is 7.36. The summed E-state index contributed by atoms with van der Waals surface area (Å²) in [5.74, 6) is 5.72. The first-order chi connectivity index (χ1) is 9.67. The van der Waals surface area contributed by atoms with E-state index < -0.39 is 0 Å². The smallest absolute Gasteiger partial charge is 0.0575 e. The van der Waals surface area contributed by atoms with Gasteiger partial charge in [-0.2, -0.15) is 0 Å². The fraction of sp³-hybridized carbons (Fsp3) is 0.647. The van der Waals surface area contributed by atoms with Gasteiger partial charge in [0, 0.05) is 12.6 Å². The molecule has 3 nitrogen and oxygen atoms in total. The van der Waals surface area contributed by atoms with E-state index in [0.717, 1.165) is 25.9 Å². The molecule has 1 aromatic rings. The molecule has 0 saturated carbocycles. The Kier molecular flexibility index (Phi) is 6.02. The monoisotopic (exact) mass is 276 g/mol. The molecular formula is C17H28N2O. The van der Waals surface area contributed by atoms with Crippen LogP contribution in [0.15, 0.2) is 18.2 Å². The molecule has 1 fully saturated rings. The van der Waals surface area contributed by atoms with Gasteiger partial charge in [0.1, 0.15) is 0 Å². The van der Waals surface area contributed by atoms with E-state index in [0.29, 0.717) is 12.1 Å². The zero-order chi connectivity index (χ0) is 14.4. The van der Waals surface area contributed by atoms with Crippen LogP contribution in [0.3, 0.4) is 0 Å². The van der Waals surface area contributed by atoms with Crippen LogP contribution in [0, 0.1) is 13.8 Å². The predicted octanol–water partition coefficient (Wildman–Crippen LogP) is 3.03. The summed E-state index contributed by atoms with van der Waals surface area (Å²) in [5.41, 5.74) is 6.99. The van der Waals surface area contributed by atoms with Crippen LogP contribution in [-0.2, 0) is 11.2 Å².